The van der Waals surface area contributed by atoms with Crippen LogP contribution in [0.25, 0.3) is 10.1 Å². The first-order chi connectivity index (χ1) is 13.5. The Kier molecular flexibility index (Phi) is 6.90. The molecule has 0 saturated heterocycles. The molecular weight excluding hydrogens is 423 g/mol. The molecule has 1 aromatic heterocycles. The van der Waals surface area contributed by atoms with Gasteiger partial charge in [0.1, 0.15) is 10.7 Å². The molecule has 0 radical (unpaired) electrons. The molecule has 0 aliphatic heterocycles. The van der Waals surface area contributed by atoms with Crippen LogP contribution in [-0.4, -0.2) is 24.7 Å². The molecule has 0 spiro atoms. The fourth-order valence-corrected chi connectivity index (χ4v) is 4.47. The molecule has 3 rings (SSSR count). The normalized spacial score (nSPS) is 10.8. The Labute approximate surface area is 174 Å². The van der Waals surface area contributed by atoms with Crippen molar-refractivity contribution in [3.63, 3.8) is 0 Å². The molecule has 2 N–H and O–H groups in total. The highest BCUT2D eigenvalue weighted by molar-refractivity contribution is 8.00. The highest BCUT2D eigenvalue weighted by Gasteiger charge is 2.21. The fourth-order valence-electron chi connectivity index (χ4n) is 2.53. The van der Waals surface area contributed by atoms with Crippen LogP contribution in [0, 0.1) is 5.82 Å². The predicted molar refractivity (Wildman–Crippen MR) is 110 cm³/mol. The van der Waals surface area contributed by atoms with Gasteiger partial charge in [-0.15, -0.1) is 23.1 Å². The van der Waals surface area contributed by atoms with Gasteiger partial charge in [0.05, 0.1) is 12.4 Å². The van der Waals surface area contributed by atoms with E-state index in [-0.39, 0.29) is 18.3 Å². The van der Waals surface area contributed by atoms with Gasteiger partial charge < -0.3 is 4.74 Å². The van der Waals surface area contributed by atoms with Crippen LogP contribution >= 0.6 is 34.7 Å². The first-order valence-corrected chi connectivity index (χ1v) is 10.3. The minimum atomic E-state index is -0.516. The Morgan fingerprint density at radius 3 is 2.64 bits per heavy atom. The molecular formula is C19H16ClFN2O3S2. The monoisotopic (exact) mass is 438 g/mol. The molecule has 0 aliphatic carbocycles. The number of ether oxygens (including phenoxy) is 1. The zero-order valence-corrected chi connectivity index (χ0v) is 17.1. The molecule has 146 valence electrons. The minimum Gasteiger partial charge on any atom is -0.380 e. The average Bonchev–Trinajstić information content (AvgIpc) is 3.06. The molecule has 0 saturated carbocycles. The van der Waals surface area contributed by atoms with Crippen molar-refractivity contribution >= 4 is 56.6 Å². The molecule has 3 aromatic rings. The van der Waals surface area contributed by atoms with Crippen molar-refractivity contribution in [2.45, 2.75) is 11.5 Å². The van der Waals surface area contributed by atoms with Gasteiger partial charge in [0, 0.05) is 32.7 Å². The SMILES string of the molecule is COCc1c(C(=O)NNC(=O)CSc2ccc(Cl)cc2)sc2cccc(F)c12. The maximum atomic E-state index is 14.2. The van der Waals surface area contributed by atoms with Crippen molar-refractivity contribution in [2.24, 2.45) is 0 Å². The number of thioether (sulfide) groups is 1. The Morgan fingerprint density at radius 1 is 1.18 bits per heavy atom. The third kappa shape index (κ3) is 4.82. The van der Waals surface area contributed by atoms with E-state index in [4.69, 9.17) is 16.3 Å². The van der Waals surface area contributed by atoms with Crippen LogP contribution in [-0.2, 0) is 16.1 Å². The van der Waals surface area contributed by atoms with Crippen LogP contribution in [0.1, 0.15) is 15.2 Å². The second kappa shape index (κ2) is 9.38. The smallest absolute Gasteiger partial charge is 0.280 e. The Balaban J connectivity index is 1.64. The number of amides is 2. The number of methoxy groups -OCH3 is 1. The average molecular weight is 439 g/mol. The number of fused-ring (bicyclic) bond motifs is 1. The van der Waals surface area contributed by atoms with Crippen LogP contribution in [0.15, 0.2) is 47.4 Å². The maximum Gasteiger partial charge on any atom is 0.280 e. The Morgan fingerprint density at radius 2 is 1.93 bits per heavy atom. The van der Waals surface area contributed by atoms with Gasteiger partial charge in [0.2, 0.25) is 5.91 Å². The van der Waals surface area contributed by atoms with E-state index in [1.54, 1.807) is 24.3 Å². The summed E-state index contributed by atoms with van der Waals surface area (Å²) in [7, 11) is 1.47. The summed E-state index contributed by atoms with van der Waals surface area (Å²) in [4.78, 5) is 25.7. The second-order valence-electron chi connectivity index (χ2n) is 5.70. The van der Waals surface area contributed by atoms with Crippen molar-refractivity contribution < 1.29 is 18.7 Å². The summed E-state index contributed by atoms with van der Waals surface area (Å²) in [5, 5.41) is 0.983. The zero-order valence-electron chi connectivity index (χ0n) is 14.8. The first-order valence-electron chi connectivity index (χ1n) is 8.16. The quantitative estimate of drug-likeness (QED) is 0.442. The van der Waals surface area contributed by atoms with Crippen molar-refractivity contribution in [3.8, 4) is 0 Å². The van der Waals surface area contributed by atoms with Crippen LogP contribution < -0.4 is 10.9 Å². The standard InChI is InChI=1S/C19H16ClFN2O3S2/c1-26-9-13-17-14(21)3-2-4-15(17)28-18(13)19(25)23-22-16(24)10-27-12-7-5-11(20)6-8-12/h2-8H,9-10H2,1H3,(H,22,24)(H,23,25). The van der Waals surface area contributed by atoms with E-state index in [2.05, 4.69) is 10.9 Å². The lowest BCUT2D eigenvalue weighted by atomic mass is 10.1. The van der Waals surface area contributed by atoms with Gasteiger partial charge >= 0.3 is 0 Å². The summed E-state index contributed by atoms with van der Waals surface area (Å²) >= 11 is 8.29. The topological polar surface area (TPSA) is 67.4 Å². The molecule has 0 unspecified atom stereocenters. The Bertz CT molecular complexity index is 1010. The van der Waals surface area contributed by atoms with E-state index in [1.165, 1.54) is 24.9 Å². The summed E-state index contributed by atoms with van der Waals surface area (Å²) < 4.78 is 19.9. The van der Waals surface area contributed by atoms with Crippen LogP contribution in [0.3, 0.4) is 0 Å². The molecule has 9 heteroatoms. The predicted octanol–water partition coefficient (Wildman–Crippen LogP) is 4.39. The molecule has 0 aliphatic rings. The van der Waals surface area contributed by atoms with Crippen LogP contribution in [0.4, 0.5) is 4.39 Å². The van der Waals surface area contributed by atoms with Crippen LogP contribution in [0.2, 0.25) is 5.02 Å². The van der Waals surface area contributed by atoms with E-state index in [9.17, 15) is 14.0 Å². The summed E-state index contributed by atoms with van der Waals surface area (Å²) in [6.45, 7) is 0.0874. The first kappa shape index (κ1) is 20.6. The highest BCUT2D eigenvalue weighted by atomic mass is 35.5. The Hall–Kier alpha value is -2.13. The van der Waals surface area contributed by atoms with Gasteiger partial charge in [-0.3, -0.25) is 20.4 Å². The van der Waals surface area contributed by atoms with E-state index < -0.39 is 11.7 Å². The number of thiophene rings is 1. The van der Waals surface area contributed by atoms with Gasteiger partial charge in [0.25, 0.3) is 5.91 Å². The fraction of sp³-hybridized carbons (Fsp3) is 0.158. The molecule has 2 aromatic carbocycles. The number of hydrazine groups is 1. The van der Waals surface area contributed by atoms with Crippen molar-refractivity contribution in [1.82, 2.24) is 10.9 Å². The largest absolute Gasteiger partial charge is 0.380 e. The summed E-state index contributed by atoms with van der Waals surface area (Å²) in [5.74, 6) is -1.18. The molecule has 0 fully saturated rings. The number of benzene rings is 2. The molecule has 1 heterocycles. The number of carbonyl (C=O) groups excluding carboxylic acids is 2. The van der Waals surface area contributed by atoms with Crippen molar-refractivity contribution in [1.29, 1.82) is 0 Å². The maximum absolute atomic E-state index is 14.2. The summed E-state index contributed by atoms with van der Waals surface area (Å²) in [5.41, 5.74) is 5.22. The molecule has 0 atom stereocenters. The van der Waals surface area contributed by atoms with Gasteiger partial charge in [-0.05, 0) is 36.4 Å². The summed E-state index contributed by atoms with van der Waals surface area (Å²) in [6, 6.07) is 11.8. The number of carbonyl (C=O) groups is 2. The number of hydrogen-bond acceptors (Lipinski definition) is 5. The van der Waals surface area contributed by atoms with Gasteiger partial charge in [-0.1, -0.05) is 17.7 Å². The molecule has 28 heavy (non-hydrogen) atoms. The van der Waals surface area contributed by atoms with Gasteiger partial charge in [0.15, 0.2) is 0 Å². The lowest BCUT2D eigenvalue weighted by Crippen LogP contribution is -2.42. The lowest BCUT2D eigenvalue weighted by Gasteiger charge is -2.08. The van der Waals surface area contributed by atoms with Gasteiger partial charge in [-0.2, -0.15) is 0 Å². The van der Waals surface area contributed by atoms with Crippen molar-refractivity contribution in [2.75, 3.05) is 12.9 Å². The minimum absolute atomic E-state index is 0.0874. The third-order valence-corrected chi connectivity index (χ3v) is 6.22. The third-order valence-electron chi connectivity index (χ3n) is 3.76. The summed E-state index contributed by atoms with van der Waals surface area (Å²) in [6.07, 6.45) is 0. The number of hydrogen-bond donors (Lipinski definition) is 2. The van der Waals surface area contributed by atoms with E-state index in [0.29, 0.717) is 25.5 Å². The number of halogens is 2. The van der Waals surface area contributed by atoms with Crippen LogP contribution in [0.5, 0.6) is 0 Å². The van der Waals surface area contributed by atoms with E-state index >= 15 is 0 Å². The lowest BCUT2D eigenvalue weighted by molar-refractivity contribution is -0.119. The molecule has 5 nitrogen and oxygen atoms in total. The number of nitrogens with one attached hydrogen (secondary N) is 2. The molecule has 2 amide bonds. The zero-order chi connectivity index (χ0) is 20.1. The second-order valence-corrected chi connectivity index (χ2v) is 8.24. The van der Waals surface area contributed by atoms with Crippen molar-refractivity contribution in [3.05, 3.63) is 63.7 Å². The number of rotatable bonds is 6. The van der Waals surface area contributed by atoms with E-state index in [1.807, 2.05) is 12.1 Å². The van der Waals surface area contributed by atoms with E-state index in [0.717, 1.165) is 16.2 Å². The molecule has 0 bridgehead atoms. The highest BCUT2D eigenvalue weighted by Crippen LogP contribution is 2.33. The van der Waals surface area contributed by atoms with Gasteiger partial charge in [-0.25, -0.2) is 4.39 Å².